The highest BCUT2D eigenvalue weighted by molar-refractivity contribution is 7.80. The van der Waals surface area contributed by atoms with E-state index in [0.29, 0.717) is 0 Å². The lowest BCUT2D eigenvalue weighted by Gasteiger charge is -2.14. The van der Waals surface area contributed by atoms with Gasteiger partial charge in [0.25, 0.3) is 0 Å². The van der Waals surface area contributed by atoms with Gasteiger partial charge in [0.1, 0.15) is 11.9 Å². The van der Waals surface area contributed by atoms with Crippen LogP contribution in [0.2, 0.25) is 0 Å². The Balaban J connectivity index is 2.42. The summed E-state index contributed by atoms with van der Waals surface area (Å²) in [6, 6.07) is 14.3. The van der Waals surface area contributed by atoms with Crippen LogP contribution in [0.25, 0.3) is 10.8 Å². The molecule has 0 saturated heterocycles. The molecule has 2 aromatic rings. The zero-order valence-electron chi connectivity index (χ0n) is 8.68. The quantitative estimate of drug-likeness (QED) is 0.775. The molecule has 2 aromatic carbocycles. The van der Waals surface area contributed by atoms with Crippen molar-refractivity contribution in [3.63, 3.8) is 0 Å². The van der Waals surface area contributed by atoms with Crippen LogP contribution >= 0.6 is 12.6 Å². The topological polar surface area (TPSA) is 9.23 Å². The van der Waals surface area contributed by atoms with E-state index in [-0.39, 0.29) is 6.10 Å². The van der Waals surface area contributed by atoms with E-state index in [0.717, 1.165) is 16.9 Å². The summed E-state index contributed by atoms with van der Waals surface area (Å²) in [6.45, 7) is 2.02. The van der Waals surface area contributed by atoms with E-state index in [1.165, 1.54) is 5.39 Å². The second kappa shape index (κ2) is 4.58. The fraction of sp³-hybridized carbons (Fsp3) is 0.231. The van der Waals surface area contributed by atoms with Gasteiger partial charge in [0.05, 0.1) is 0 Å². The average molecular weight is 218 g/mol. The summed E-state index contributed by atoms with van der Waals surface area (Å²) < 4.78 is 5.80. The van der Waals surface area contributed by atoms with Gasteiger partial charge < -0.3 is 4.74 Å². The molecule has 0 aromatic heterocycles. The molecule has 2 heteroatoms. The molecule has 0 fully saturated rings. The molecular weight excluding hydrogens is 204 g/mol. The Bertz CT molecular complexity index is 448. The molecule has 78 valence electrons. The third-order valence-electron chi connectivity index (χ3n) is 2.33. The molecule has 0 aliphatic rings. The Hall–Kier alpha value is -1.15. The van der Waals surface area contributed by atoms with Gasteiger partial charge in [-0.25, -0.2) is 0 Å². The summed E-state index contributed by atoms with van der Waals surface area (Å²) in [5.41, 5.74) is 0. The van der Waals surface area contributed by atoms with E-state index in [1.54, 1.807) is 0 Å². The van der Waals surface area contributed by atoms with Crippen LogP contribution in [-0.2, 0) is 0 Å². The third kappa shape index (κ3) is 2.26. The molecule has 0 bridgehead atoms. The second-order valence-electron chi connectivity index (χ2n) is 3.59. The minimum atomic E-state index is 0.138. The zero-order chi connectivity index (χ0) is 10.7. The Morgan fingerprint density at radius 2 is 1.87 bits per heavy atom. The molecule has 0 amide bonds. The van der Waals surface area contributed by atoms with Crippen molar-refractivity contribution >= 4 is 23.4 Å². The number of rotatable bonds is 3. The molecule has 0 radical (unpaired) electrons. The molecule has 0 heterocycles. The molecular formula is C13H14OS. The van der Waals surface area contributed by atoms with E-state index >= 15 is 0 Å². The highest BCUT2D eigenvalue weighted by Crippen LogP contribution is 2.25. The fourth-order valence-corrected chi connectivity index (χ4v) is 1.63. The highest BCUT2D eigenvalue weighted by Gasteiger charge is 2.04. The summed E-state index contributed by atoms with van der Waals surface area (Å²) in [5, 5.41) is 2.37. The molecule has 0 saturated carbocycles. The van der Waals surface area contributed by atoms with Gasteiger partial charge in [-0.05, 0) is 18.4 Å². The molecule has 1 atom stereocenters. The second-order valence-corrected chi connectivity index (χ2v) is 3.95. The van der Waals surface area contributed by atoms with Gasteiger partial charge >= 0.3 is 0 Å². The molecule has 0 spiro atoms. The van der Waals surface area contributed by atoms with Crippen LogP contribution in [0.1, 0.15) is 6.92 Å². The average Bonchev–Trinajstić information content (AvgIpc) is 2.29. The standard InChI is InChI=1S/C13H14OS/c1-10(9-15)14-13-8-4-6-11-5-2-3-7-12(11)13/h2-8,10,15H,9H2,1H3. The normalized spacial score (nSPS) is 12.7. The van der Waals surface area contributed by atoms with Crippen LogP contribution in [0.4, 0.5) is 0 Å². The predicted octanol–water partition coefficient (Wildman–Crippen LogP) is 3.54. The summed E-state index contributed by atoms with van der Waals surface area (Å²) in [4.78, 5) is 0. The molecule has 2 rings (SSSR count). The predicted molar refractivity (Wildman–Crippen MR) is 67.9 cm³/mol. The SMILES string of the molecule is CC(CS)Oc1cccc2ccccc12. The van der Waals surface area contributed by atoms with Crippen LogP contribution in [0.15, 0.2) is 42.5 Å². The number of fused-ring (bicyclic) bond motifs is 1. The van der Waals surface area contributed by atoms with Gasteiger partial charge in [-0.2, -0.15) is 12.6 Å². The van der Waals surface area contributed by atoms with Crippen molar-refractivity contribution in [2.24, 2.45) is 0 Å². The smallest absolute Gasteiger partial charge is 0.127 e. The van der Waals surface area contributed by atoms with E-state index in [2.05, 4.69) is 30.8 Å². The third-order valence-corrected chi connectivity index (χ3v) is 2.85. The maximum Gasteiger partial charge on any atom is 0.127 e. The molecule has 1 unspecified atom stereocenters. The van der Waals surface area contributed by atoms with Crippen LogP contribution in [0, 0.1) is 0 Å². The number of ether oxygens (including phenoxy) is 1. The summed E-state index contributed by atoms with van der Waals surface area (Å²) >= 11 is 4.22. The minimum Gasteiger partial charge on any atom is -0.489 e. The summed E-state index contributed by atoms with van der Waals surface area (Å²) in [6.07, 6.45) is 0.138. The largest absolute Gasteiger partial charge is 0.489 e. The van der Waals surface area contributed by atoms with Gasteiger partial charge in [0.15, 0.2) is 0 Å². The molecule has 0 aliphatic carbocycles. The van der Waals surface area contributed by atoms with E-state index < -0.39 is 0 Å². The van der Waals surface area contributed by atoms with Crippen molar-refractivity contribution in [1.82, 2.24) is 0 Å². The summed E-state index contributed by atoms with van der Waals surface area (Å²) in [5.74, 6) is 1.66. The lowest BCUT2D eigenvalue weighted by molar-refractivity contribution is 0.250. The molecule has 15 heavy (non-hydrogen) atoms. The lowest BCUT2D eigenvalue weighted by atomic mass is 10.1. The number of hydrogen-bond donors (Lipinski definition) is 1. The Morgan fingerprint density at radius 3 is 2.67 bits per heavy atom. The van der Waals surface area contributed by atoms with E-state index in [9.17, 15) is 0 Å². The van der Waals surface area contributed by atoms with Gasteiger partial charge in [0.2, 0.25) is 0 Å². The van der Waals surface area contributed by atoms with Crippen molar-refractivity contribution in [2.75, 3.05) is 5.75 Å². The van der Waals surface area contributed by atoms with Gasteiger partial charge in [-0.3, -0.25) is 0 Å². The maximum absolute atomic E-state index is 5.80. The Labute approximate surface area is 95.5 Å². The van der Waals surface area contributed by atoms with Crippen molar-refractivity contribution in [2.45, 2.75) is 13.0 Å². The number of benzene rings is 2. The minimum absolute atomic E-state index is 0.138. The van der Waals surface area contributed by atoms with Gasteiger partial charge in [-0.1, -0.05) is 36.4 Å². The lowest BCUT2D eigenvalue weighted by Crippen LogP contribution is -2.13. The highest BCUT2D eigenvalue weighted by atomic mass is 32.1. The van der Waals surface area contributed by atoms with Crippen molar-refractivity contribution in [3.8, 4) is 5.75 Å². The van der Waals surface area contributed by atoms with Crippen LogP contribution in [-0.4, -0.2) is 11.9 Å². The van der Waals surface area contributed by atoms with E-state index in [1.807, 2.05) is 31.2 Å². The van der Waals surface area contributed by atoms with Gasteiger partial charge in [0, 0.05) is 11.1 Å². The first-order valence-electron chi connectivity index (χ1n) is 5.06. The first-order chi connectivity index (χ1) is 7.31. The first-order valence-corrected chi connectivity index (χ1v) is 5.70. The van der Waals surface area contributed by atoms with Crippen molar-refractivity contribution in [3.05, 3.63) is 42.5 Å². The molecule has 0 N–H and O–H groups in total. The van der Waals surface area contributed by atoms with Crippen molar-refractivity contribution < 1.29 is 4.74 Å². The number of thiol groups is 1. The molecule has 0 aliphatic heterocycles. The monoisotopic (exact) mass is 218 g/mol. The fourth-order valence-electron chi connectivity index (χ4n) is 1.55. The van der Waals surface area contributed by atoms with Crippen LogP contribution in [0.3, 0.4) is 0 Å². The summed E-state index contributed by atoms with van der Waals surface area (Å²) in [7, 11) is 0. The van der Waals surface area contributed by atoms with Gasteiger partial charge in [-0.15, -0.1) is 0 Å². The van der Waals surface area contributed by atoms with Crippen molar-refractivity contribution in [1.29, 1.82) is 0 Å². The Kier molecular flexibility index (Phi) is 3.17. The van der Waals surface area contributed by atoms with Crippen LogP contribution < -0.4 is 4.74 Å². The zero-order valence-corrected chi connectivity index (χ0v) is 9.58. The first kappa shape index (κ1) is 10.4. The van der Waals surface area contributed by atoms with Crippen LogP contribution in [0.5, 0.6) is 5.75 Å². The Morgan fingerprint density at radius 1 is 1.13 bits per heavy atom. The maximum atomic E-state index is 5.80. The number of hydrogen-bond acceptors (Lipinski definition) is 2. The molecule has 1 nitrogen and oxygen atoms in total. The van der Waals surface area contributed by atoms with E-state index in [4.69, 9.17) is 4.74 Å².